The van der Waals surface area contributed by atoms with Crippen molar-refractivity contribution in [3.8, 4) is 11.5 Å². The fraction of sp³-hybridized carbons (Fsp3) is 0. The quantitative estimate of drug-likeness (QED) is 0.683. The molecule has 21 heavy (non-hydrogen) atoms. The Kier molecular flexibility index (Phi) is 4.04. The number of halogens is 2. The highest BCUT2D eigenvalue weighted by Gasteiger charge is 2.14. The number of hydrogen-bond acceptors (Lipinski definition) is 4. The molecule has 0 unspecified atom stereocenters. The molecule has 0 radical (unpaired) electrons. The van der Waals surface area contributed by atoms with Crippen LogP contribution < -0.4 is 4.74 Å². The van der Waals surface area contributed by atoms with E-state index in [1.54, 1.807) is 0 Å². The Bertz CT molecular complexity index is 734. The van der Waals surface area contributed by atoms with E-state index >= 15 is 0 Å². The van der Waals surface area contributed by atoms with E-state index in [0.717, 1.165) is 24.3 Å². The number of aromatic carboxylic acids is 1. The monoisotopic (exact) mass is 311 g/mol. The van der Waals surface area contributed by atoms with Crippen LogP contribution in [0.25, 0.3) is 0 Å². The van der Waals surface area contributed by atoms with Crippen LogP contribution in [0.2, 0.25) is 5.02 Å². The number of carbonyl (C=O) groups is 1. The predicted molar refractivity (Wildman–Crippen MR) is 71.5 cm³/mol. The summed E-state index contributed by atoms with van der Waals surface area (Å²) in [6, 6.07) is 6.51. The molecule has 2 rings (SSSR count). The van der Waals surface area contributed by atoms with Gasteiger partial charge in [-0.1, -0.05) is 11.6 Å². The highest BCUT2D eigenvalue weighted by Crippen LogP contribution is 2.33. The van der Waals surface area contributed by atoms with Crippen LogP contribution in [0.15, 0.2) is 36.4 Å². The van der Waals surface area contributed by atoms with Gasteiger partial charge in [-0.3, -0.25) is 10.1 Å². The van der Waals surface area contributed by atoms with Gasteiger partial charge in [-0.15, -0.1) is 0 Å². The van der Waals surface area contributed by atoms with Crippen LogP contribution >= 0.6 is 11.6 Å². The molecule has 0 aliphatic rings. The Hall–Kier alpha value is -2.67. The number of benzene rings is 2. The minimum Gasteiger partial charge on any atom is -0.478 e. The third kappa shape index (κ3) is 3.26. The van der Waals surface area contributed by atoms with Crippen LogP contribution in [0.1, 0.15) is 10.4 Å². The average Bonchev–Trinajstić information content (AvgIpc) is 2.42. The van der Waals surface area contributed by atoms with Gasteiger partial charge in [0.05, 0.1) is 21.6 Å². The van der Waals surface area contributed by atoms with E-state index in [1.807, 2.05) is 0 Å². The number of non-ortho nitro benzene ring substituents is 1. The van der Waals surface area contributed by atoms with E-state index in [2.05, 4.69) is 0 Å². The summed E-state index contributed by atoms with van der Waals surface area (Å²) in [4.78, 5) is 20.7. The van der Waals surface area contributed by atoms with E-state index in [1.165, 1.54) is 12.1 Å². The van der Waals surface area contributed by atoms with Crippen LogP contribution in [0, 0.1) is 15.9 Å². The maximum atomic E-state index is 13.7. The number of hydrogen-bond donors (Lipinski definition) is 1. The molecule has 0 atom stereocenters. The first-order valence-corrected chi connectivity index (χ1v) is 5.91. The number of nitro benzene ring substituents is 1. The van der Waals surface area contributed by atoms with Crippen molar-refractivity contribution < 1.29 is 24.0 Å². The van der Waals surface area contributed by atoms with Gasteiger partial charge in [-0.2, -0.15) is 0 Å². The van der Waals surface area contributed by atoms with Gasteiger partial charge in [0.25, 0.3) is 5.69 Å². The zero-order valence-corrected chi connectivity index (χ0v) is 11.0. The van der Waals surface area contributed by atoms with Crippen LogP contribution in [-0.2, 0) is 0 Å². The van der Waals surface area contributed by atoms with Gasteiger partial charge >= 0.3 is 5.97 Å². The maximum absolute atomic E-state index is 13.7. The lowest BCUT2D eigenvalue weighted by molar-refractivity contribution is -0.384. The van der Waals surface area contributed by atoms with E-state index in [-0.39, 0.29) is 27.8 Å². The summed E-state index contributed by atoms with van der Waals surface area (Å²) in [7, 11) is 0. The van der Waals surface area contributed by atoms with Crippen molar-refractivity contribution in [2.24, 2.45) is 0 Å². The second-order valence-corrected chi connectivity index (χ2v) is 4.33. The molecule has 0 aliphatic heterocycles. The van der Waals surface area contributed by atoms with E-state index in [4.69, 9.17) is 21.4 Å². The zero-order chi connectivity index (χ0) is 15.6. The molecule has 6 nitrogen and oxygen atoms in total. The van der Waals surface area contributed by atoms with Gasteiger partial charge in [0.1, 0.15) is 0 Å². The molecule has 0 fully saturated rings. The maximum Gasteiger partial charge on any atom is 0.335 e. The number of nitrogens with zero attached hydrogens (tertiary/aromatic N) is 1. The van der Waals surface area contributed by atoms with Crippen LogP contribution in [0.4, 0.5) is 10.1 Å². The molecule has 0 aromatic heterocycles. The van der Waals surface area contributed by atoms with E-state index in [9.17, 15) is 19.3 Å². The Labute approximate surface area is 122 Å². The van der Waals surface area contributed by atoms with Gasteiger partial charge in [0.15, 0.2) is 17.3 Å². The molecule has 8 heteroatoms. The first-order chi connectivity index (χ1) is 9.88. The van der Waals surface area contributed by atoms with Gasteiger partial charge in [-0.25, -0.2) is 9.18 Å². The summed E-state index contributed by atoms with van der Waals surface area (Å²) in [6.45, 7) is 0. The van der Waals surface area contributed by atoms with Gasteiger partial charge in [0.2, 0.25) is 0 Å². The molecule has 0 bridgehead atoms. The normalized spacial score (nSPS) is 10.2. The molecule has 2 aromatic rings. The predicted octanol–water partition coefficient (Wildman–Crippen LogP) is 3.88. The SMILES string of the molecule is O=C(O)c1ccc(Oc2cc([N+](=O)[O-])ccc2Cl)c(F)c1. The lowest BCUT2D eigenvalue weighted by atomic mass is 10.2. The highest BCUT2D eigenvalue weighted by atomic mass is 35.5. The molecule has 0 saturated heterocycles. The minimum atomic E-state index is -1.28. The molecular formula is C13H7ClFNO5. The number of carboxylic acids is 1. The molecule has 0 amide bonds. The van der Waals surface area contributed by atoms with E-state index < -0.39 is 16.7 Å². The first kappa shape index (κ1) is 14.7. The Morgan fingerprint density at radius 1 is 1.24 bits per heavy atom. The summed E-state index contributed by atoms with van der Waals surface area (Å²) < 4.78 is 18.9. The number of ether oxygens (including phenoxy) is 1. The fourth-order valence-electron chi connectivity index (χ4n) is 1.52. The summed E-state index contributed by atoms with van der Waals surface area (Å²) in [5.74, 6) is -2.60. The number of rotatable bonds is 4. The standard InChI is InChI=1S/C13H7ClFNO5/c14-9-3-2-8(16(19)20)6-12(9)21-11-4-1-7(13(17)18)5-10(11)15/h1-6H,(H,17,18). The topological polar surface area (TPSA) is 89.7 Å². The minimum absolute atomic E-state index is 0.0577. The van der Waals surface area contributed by atoms with Crippen molar-refractivity contribution in [3.63, 3.8) is 0 Å². The molecule has 0 spiro atoms. The molecule has 0 saturated carbocycles. The summed E-state index contributed by atoms with van der Waals surface area (Å²) in [5, 5.41) is 19.5. The lowest BCUT2D eigenvalue weighted by Gasteiger charge is -2.08. The number of nitro groups is 1. The van der Waals surface area contributed by atoms with Gasteiger partial charge < -0.3 is 9.84 Å². The summed E-state index contributed by atoms with van der Waals surface area (Å²) in [6.07, 6.45) is 0. The van der Waals surface area contributed by atoms with Crippen molar-refractivity contribution in [3.05, 3.63) is 62.9 Å². The zero-order valence-electron chi connectivity index (χ0n) is 10.2. The third-order valence-electron chi connectivity index (χ3n) is 2.52. The third-order valence-corrected chi connectivity index (χ3v) is 2.84. The van der Waals surface area contributed by atoms with Crippen LogP contribution in [0.3, 0.4) is 0 Å². The van der Waals surface area contributed by atoms with Crippen molar-refractivity contribution >= 4 is 23.3 Å². The molecule has 0 heterocycles. The largest absolute Gasteiger partial charge is 0.478 e. The van der Waals surface area contributed by atoms with Crippen LogP contribution in [0.5, 0.6) is 11.5 Å². The molecular weight excluding hydrogens is 305 g/mol. The smallest absolute Gasteiger partial charge is 0.335 e. The fourth-order valence-corrected chi connectivity index (χ4v) is 1.68. The second-order valence-electron chi connectivity index (χ2n) is 3.92. The summed E-state index contributed by atoms with van der Waals surface area (Å²) in [5.41, 5.74) is -0.512. The summed E-state index contributed by atoms with van der Waals surface area (Å²) >= 11 is 5.82. The molecule has 1 N–H and O–H groups in total. The van der Waals surface area contributed by atoms with Gasteiger partial charge in [-0.05, 0) is 24.3 Å². The second kappa shape index (κ2) is 5.76. The van der Waals surface area contributed by atoms with Crippen LogP contribution in [-0.4, -0.2) is 16.0 Å². The van der Waals surface area contributed by atoms with Crippen molar-refractivity contribution in [1.29, 1.82) is 0 Å². The first-order valence-electron chi connectivity index (χ1n) is 5.53. The highest BCUT2D eigenvalue weighted by molar-refractivity contribution is 6.32. The average molecular weight is 312 g/mol. The number of carboxylic acid groups (broad SMARTS) is 1. The molecule has 0 aliphatic carbocycles. The van der Waals surface area contributed by atoms with Crippen molar-refractivity contribution in [1.82, 2.24) is 0 Å². The van der Waals surface area contributed by atoms with Crippen molar-refractivity contribution in [2.75, 3.05) is 0 Å². The van der Waals surface area contributed by atoms with Gasteiger partial charge in [0, 0.05) is 6.07 Å². The van der Waals surface area contributed by atoms with Crippen molar-refractivity contribution in [2.45, 2.75) is 0 Å². The Balaban J connectivity index is 2.36. The Morgan fingerprint density at radius 2 is 1.95 bits per heavy atom. The van der Waals surface area contributed by atoms with E-state index in [0.29, 0.717) is 0 Å². The lowest BCUT2D eigenvalue weighted by Crippen LogP contribution is -1.98. The molecule has 2 aromatic carbocycles. The Morgan fingerprint density at radius 3 is 2.52 bits per heavy atom. The molecule has 108 valence electrons.